The zero-order valence-corrected chi connectivity index (χ0v) is 15.9. The summed E-state index contributed by atoms with van der Waals surface area (Å²) >= 11 is 0. The summed E-state index contributed by atoms with van der Waals surface area (Å²) in [7, 11) is 2.17. The van der Waals surface area contributed by atoms with E-state index in [0.29, 0.717) is 5.69 Å². The van der Waals surface area contributed by atoms with E-state index in [4.69, 9.17) is 0 Å². The van der Waals surface area contributed by atoms with Crippen molar-refractivity contribution in [1.29, 1.82) is 0 Å². The van der Waals surface area contributed by atoms with Gasteiger partial charge < -0.3 is 9.80 Å². The monoisotopic (exact) mass is 353 g/mol. The fourth-order valence-electron chi connectivity index (χ4n) is 4.71. The Morgan fingerprint density at radius 1 is 1.08 bits per heavy atom. The van der Waals surface area contributed by atoms with Crippen molar-refractivity contribution in [2.75, 3.05) is 33.2 Å². The molecule has 2 aromatic rings. The van der Waals surface area contributed by atoms with Gasteiger partial charge in [0.2, 0.25) is 0 Å². The van der Waals surface area contributed by atoms with Gasteiger partial charge in [0.25, 0.3) is 5.91 Å². The largest absolute Gasteiger partial charge is 0.336 e. The van der Waals surface area contributed by atoms with E-state index in [2.05, 4.69) is 48.2 Å². The molecule has 0 aliphatic carbocycles. The number of benzene rings is 1. The number of carbonyl (C=O) groups is 1. The highest BCUT2D eigenvalue weighted by Gasteiger charge is 2.57. The zero-order valence-electron chi connectivity index (χ0n) is 15.9. The second-order valence-electron chi connectivity index (χ2n) is 8.56. The topological polar surface area (TPSA) is 54.3 Å². The van der Waals surface area contributed by atoms with Crippen molar-refractivity contribution < 1.29 is 4.79 Å². The Hall–Kier alpha value is -2.21. The molecule has 2 unspecified atom stereocenters. The van der Waals surface area contributed by atoms with Crippen LogP contribution in [0.2, 0.25) is 0 Å². The molecule has 2 fully saturated rings. The predicted octanol–water partition coefficient (Wildman–Crippen LogP) is 1.93. The van der Waals surface area contributed by atoms with E-state index in [1.54, 1.807) is 10.9 Å². The van der Waals surface area contributed by atoms with Gasteiger partial charge in [0.15, 0.2) is 5.69 Å². The summed E-state index contributed by atoms with van der Waals surface area (Å²) in [5.74, 6) is 0.00969. The average Bonchev–Trinajstić information content (AvgIpc) is 3.22. The molecule has 6 heteroatoms. The number of fused-ring (bicyclic) bond motifs is 1. The Morgan fingerprint density at radius 2 is 1.73 bits per heavy atom. The summed E-state index contributed by atoms with van der Waals surface area (Å²) in [4.78, 5) is 17.3. The third-order valence-corrected chi connectivity index (χ3v) is 6.29. The summed E-state index contributed by atoms with van der Waals surface area (Å²) in [6.45, 7) is 9.01. The lowest BCUT2D eigenvalue weighted by Gasteiger charge is -2.30. The SMILES string of the molecule is CN1CC2(C)CN(C(=O)c3cn(CCc4ccccc4)nn3)CC2(C)C1. The van der Waals surface area contributed by atoms with E-state index < -0.39 is 0 Å². The van der Waals surface area contributed by atoms with Crippen LogP contribution in [0.1, 0.15) is 29.9 Å². The maximum absolute atomic E-state index is 12.9. The number of rotatable bonds is 4. The molecule has 0 spiro atoms. The molecule has 1 aromatic carbocycles. The maximum atomic E-state index is 12.9. The summed E-state index contributed by atoms with van der Waals surface area (Å²) in [5.41, 5.74) is 2.02. The van der Waals surface area contributed by atoms with Gasteiger partial charge in [-0.15, -0.1) is 5.10 Å². The number of amides is 1. The second-order valence-corrected chi connectivity index (χ2v) is 8.56. The fraction of sp³-hybridized carbons (Fsp3) is 0.550. The highest BCUT2D eigenvalue weighted by Crippen LogP contribution is 2.51. The number of hydrogen-bond acceptors (Lipinski definition) is 4. The molecular weight excluding hydrogens is 326 g/mol. The van der Waals surface area contributed by atoms with Crippen molar-refractivity contribution in [3.05, 3.63) is 47.8 Å². The molecule has 2 atom stereocenters. The minimum absolute atomic E-state index is 0.00969. The van der Waals surface area contributed by atoms with Crippen LogP contribution in [-0.4, -0.2) is 63.9 Å². The van der Waals surface area contributed by atoms with Crippen molar-refractivity contribution in [2.45, 2.75) is 26.8 Å². The highest BCUT2D eigenvalue weighted by molar-refractivity contribution is 5.92. The zero-order chi connectivity index (χ0) is 18.4. The van der Waals surface area contributed by atoms with E-state index in [1.165, 1.54) is 5.56 Å². The van der Waals surface area contributed by atoms with Crippen molar-refractivity contribution in [1.82, 2.24) is 24.8 Å². The first-order valence-corrected chi connectivity index (χ1v) is 9.31. The van der Waals surface area contributed by atoms with E-state index in [0.717, 1.165) is 39.1 Å². The number of likely N-dealkylation sites (tertiary alicyclic amines) is 2. The van der Waals surface area contributed by atoms with E-state index in [9.17, 15) is 4.79 Å². The van der Waals surface area contributed by atoms with E-state index >= 15 is 0 Å². The van der Waals surface area contributed by atoms with Crippen LogP contribution < -0.4 is 0 Å². The summed E-state index contributed by atoms with van der Waals surface area (Å²) in [6.07, 6.45) is 2.67. The van der Waals surface area contributed by atoms with Gasteiger partial charge in [-0.1, -0.05) is 49.4 Å². The molecule has 26 heavy (non-hydrogen) atoms. The molecule has 6 nitrogen and oxygen atoms in total. The quantitative estimate of drug-likeness (QED) is 0.843. The molecular formula is C20H27N5O. The van der Waals surface area contributed by atoms with E-state index in [-0.39, 0.29) is 16.7 Å². The molecule has 0 bridgehead atoms. The fourth-order valence-corrected chi connectivity index (χ4v) is 4.71. The summed E-state index contributed by atoms with van der Waals surface area (Å²) in [6, 6.07) is 10.3. The van der Waals surface area contributed by atoms with Crippen molar-refractivity contribution in [3.63, 3.8) is 0 Å². The lowest BCUT2D eigenvalue weighted by Crippen LogP contribution is -2.34. The number of carbonyl (C=O) groups excluding carboxylic acids is 1. The third kappa shape index (κ3) is 2.92. The van der Waals surface area contributed by atoms with Gasteiger partial charge in [-0.05, 0) is 19.0 Å². The van der Waals surface area contributed by atoms with E-state index in [1.807, 2.05) is 23.1 Å². The van der Waals surface area contributed by atoms with Gasteiger partial charge in [-0.2, -0.15) is 0 Å². The molecule has 0 saturated carbocycles. The van der Waals surface area contributed by atoms with Crippen molar-refractivity contribution >= 4 is 5.91 Å². The molecule has 1 amide bonds. The number of aryl methyl sites for hydroxylation is 2. The van der Waals surface area contributed by atoms with Crippen LogP contribution in [0.5, 0.6) is 0 Å². The first kappa shape index (κ1) is 17.2. The third-order valence-electron chi connectivity index (χ3n) is 6.29. The Kier molecular flexibility index (Phi) is 4.10. The highest BCUT2D eigenvalue weighted by atomic mass is 16.2. The Balaban J connectivity index is 1.41. The first-order valence-electron chi connectivity index (χ1n) is 9.31. The smallest absolute Gasteiger partial charge is 0.276 e. The molecule has 2 aliphatic heterocycles. The lowest BCUT2D eigenvalue weighted by atomic mass is 9.71. The Morgan fingerprint density at radius 3 is 2.38 bits per heavy atom. The molecule has 4 rings (SSSR count). The molecule has 1 aromatic heterocycles. The number of hydrogen-bond donors (Lipinski definition) is 0. The average molecular weight is 353 g/mol. The number of nitrogens with zero attached hydrogens (tertiary/aromatic N) is 5. The lowest BCUT2D eigenvalue weighted by molar-refractivity contribution is 0.0755. The van der Waals surface area contributed by atoms with Crippen LogP contribution in [0.3, 0.4) is 0 Å². The molecule has 2 aliphatic rings. The second kappa shape index (κ2) is 6.20. The van der Waals surface area contributed by atoms with Crippen LogP contribution in [0.4, 0.5) is 0 Å². The Labute approximate surface area is 154 Å². The molecule has 0 N–H and O–H groups in total. The van der Waals surface area contributed by atoms with Gasteiger partial charge in [-0.3, -0.25) is 9.48 Å². The van der Waals surface area contributed by atoms with Gasteiger partial charge in [0.05, 0.1) is 6.20 Å². The minimum atomic E-state index is 0.00969. The normalized spacial score (nSPS) is 28.5. The summed E-state index contributed by atoms with van der Waals surface area (Å²) in [5, 5.41) is 8.29. The molecule has 2 saturated heterocycles. The van der Waals surface area contributed by atoms with Gasteiger partial charge in [0, 0.05) is 43.6 Å². The maximum Gasteiger partial charge on any atom is 0.276 e. The van der Waals surface area contributed by atoms with Gasteiger partial charge in [0.1, 0.15) is 0 Å². The van der Waals surface area contributed by atoms with Crippen LogP contribution >= 0.6 is 0 Å². The van der Waals surface area contributed by atoms with Crippen LogP contribution in [-0.2, 0) is 13.0 Å². The predicted molar refractivity (Wildman–Crippen MR) is 99.8 cm³/mol. The molecule has 0 radical (unpaired) electrons. The molecule has 3 heterocycles. The first-order chi connectivity index (χ1) is 12.4. The van der Waals surface area contributed by atoms with Crippen LogP contribution in [0.15, 0.2) is 36.5 Å². The van der Waals surface area contributed by atoms with Crippen molar-refractivity contribution in [3.8, 4) is 0 Å². The summed E-state index contributed by atoms with van der Waals surface area (Å²) < 4.78 is 1.77. The number of aromatic nitrogens is 3. The van der Waals surface area contributed by atoms with Gasteiger partial charge in [-0.25, -0.2) is 0 Å². The Bertz CT molecular complexity index is 784. The molecule has 138 valence electrons. The standard InChI is InChI=1S/C20H27N5O/c1-19-12-23(3)13-20(19,2)15-24(14-19)18(26)17-11-25(22-21-17)10-9-16-7-5-4-6-8-16/h4-8,11H,9-10,12-15H2,1-3H3. The van der Waals surface area contributed by atoms with Crippen LogP contribution in [0.25, 0.3) is 0 Å². The minimum Gasteiger partial charge on any atom is -0.336 e. The van der Waals surface area contributed by atoms with Crippen molar-refractivity contribution in [2.24, 2.45) is 10.8 Å². The van der Waals surface area contributed by atoms with Crippen LogP contribution in [0, 0.1) is 10.8 Å². The van der Waals surface area contributed by atoms with Gasteiger partial charge >= 0.3 is 0 Å².